The molecule has 2 heterocycles. The largest absolute Gasteiger partial charge is 0.335 e. The first-order valence-electron chi connectivity index (χ1n) is 8.30. The van der Waals surface area contributed by atoms with Crippen LogP contribution >= 0.6 is 0 Å². The Balaban J connectivity index is 1.50. The minimum Gasteiger partial charge on any atom is -0.335 e. The second kappa shape index (κ2) is 7.90. The molecular weight excluding hydrogens is 302 g/mol. The van der Waals surface area contributed by atoms with Crippen molar-refractivity contribution >= 4 is 12.0 Å². The van der Waals surface area contributed by atoms with Crippen LogP contribution in [-0.2, 0) is 11.3 Å². The summed E-state index contributed by atoms with van der Waals surface area (Å²) in [4.78, 5) is 13.5. The van der Waals surface area contributed by atoms with Crippen LogP contribution in [0, 0.1) is 0 Å². The number of nitrogens with one attached hydrogen (secondary N) is 2. The Kier molecular flexibility index (Phi) is 5.40. The Morgan fingerprint density at radius 3 is 2.79 bits per heavy atom. The molecule has 2 aromatic rings. The van der Waals surface area contributed by atoms with Crippen molar-refractivity contribution in [2.75, 3.05) is 33.2 Å². The molecule has 0 bridgehead atoms. The monoisotopic (exact) mass is 326 g/mol. The zero-order chi connectivity index (χ0) is 16.8. The fourth-order valence-corrected chi connectivity index (χ4v) is 2.69. The first-order valence-corrected chi connectivity index (χ1v) is 8.30. The summed E-state index contributed by atoms with van der Waals surface area (Å²) in [5, 5.41) is 6.32. The summed E-state index contributed by atoms with van der Waals surface area (Å²) in [6.45, 7) is 4.61. The highest BCUT2D eigenvalue weighted by molar-refractivity contribution is 5.91. The molecular formula is C18H24N5O+. The average Bonchev–Trinajstić information content (AvgIpc) is 3.03. The Morgan fingerprint density at radius 2 is 2.04 bits per heavy atom. The number of amides is 1. The van der Waals surface area contributed by atoms with Crippen LogP contribution in [0.5, 0.6) is 0 Å². The third-order valence-corrected chi connectivity index (χ3v) is 4.15. The van der Waals surface area contributed by atoms with E-state index in [4.69, 9.17) is 0 Å². The lowest BCUT2D eigenvalue weighted by atomic mass is 10.2. The second-order valence-electron chi connectivity index (χ2n) is 6.21. The van der Waals surface area contributed by atoms with Gasteiger partial charge in [0.05, 0.1) is 46.0 Å². The number of nitrogens with zero attached hydrogens (tertiary/aromatic N) is 3. The molecule has 6 heteroatoms. The van der Waals surface area contributed by atoms with Crippen molar-refractivity contribution in [3.63, 3.8) is 0 Å². The molecule has 0 saturated carbocycles. The van der Waals surface area contributed by atoms with E-state index in [1.54, 1.807) is 18.3 Å². The van der Waals surface area contributed by atoms with Gasteiger partial charge in [0.25, 0.3) is 5.91 Å². The van der Waals surface area contributed by atoms with Crippen molar-refractivity contribution in [2.45, 2.75) is 6.54 Å². The van der Waals surface area contributed by atoms with Gasteiger partial charge in [-0.1, -0.05) is 30.3 Å². The van der Waals surface area contributed by atoms with Crippen molar-refractivity contribution in [1.29, 1.82) is 0 Å². The van der Waals surface area contributed by atoms with Crippen LogP contribution in [-0.4, -0.2) is 53.9 Å². The molecule has 2 N–H and O–H groups in total. The molecule has 3 rings (SSSR count). The number of rotatable bonds is 5. The topological polar surface area (TPSA) is 54.6 Å². The van der Waals surface area contributed by atoms with Gasteiger partial charge in [-0.15, -0.1) is 0 Å². The van der Waals surface area contributed by atoms with E-state index < -0.39 is 0 Å². The average molecular weight is 326 g/mol. The number of carbonyl (C=O) groups excluding carboxylic acids is 1. The summed E-state index contributed by atoms with van der Waals surface area (Å²) in [6, 6.07) is 10.2. The molecule has 126 valence electrons. The number of quaternary nitrogens is 1. The molecule has 1 aliphatic rings. The van der Waals surface area contributed by atoms with E-state index >= 15 is 0 Å². The number of carbonyl (C=O) groups is 1. The highest BCUT2D eigenvalue weighted by Crippen LogP contribution is 2.05. The van der Waals surface area contributed by atoms with Crippen molar-refractivity contribution in [3.8, 4) is 0 Å². The third kappa shape index (κ3) is 4.78. The number of likely N-dealkylation sites (N-methyl/N-ethyl adjacent to an activating group) is 1. The number of benzene rings is 1. The van der Waals surface area contributed by atoms with E-state index in [2.05, 4.69) is 29.7 Å². The van der Waals surface area contributed by atoms with E-state index in [1.165, 1.54) is 10.5 Å². The van der Waals surface area contributed by atoms with E-state index in [9.17, 15) is 4.79 Å². The molecule has 0 spiro atoms. The highest BCUT2D eigenvalue weighted by atomic mass is 16.2. The predicted molar refractivity (Wildman–Crippen MR) is 93.1 cm³/mol. The van der Waals surface area contributed by atoms with Gasteiger partial charge in [0.1, 0.15) is 0 Å². The summed E-state index contributed by atoms with van der Waals surface area (Å²) in [6.07, 6.45) is 7.07. The normalized spacial score (nSPS) is 16.5. The smallest absolute Gasteiger partial charge is 0.258 e. The summed E-state index contributed by atoms with van der Waals surface area (Å²) < 4.78 is 1.87. The lowest BCUT2D eigenvalue weighted by Crippen LogP contribution is -3.12. The maximum atomic E-state index is 12.0. The van der Waals surface area contributed by atoms with Gasteiger partial charge in [-0.2, -0.15) is 5.10 Å². The third-order valence-electron chi connectivity index (χ3n) is 4.15. The van der Waals surface area contributed by atoms with Gasteiger partial charge in [0, 0.05) is 17.8 Å². The second-order valence-corrected chi connectivity index (χ2v) is 6.21. The van der Waals surface area contributed by atoms with E-state index in [0.717, 1.165) is 38.3 Å². The molecule has 1 fully saturated rings. The number of hydrogen-bond donors (Lipinski definition) is 2. The van der Waals surface area contributed by atoms with E-state index in [1.807, 2.05) is 34.1 Å². The molecule has 0 radical (unpaired) electrons. The van der Waals surface area contributed by atoms with Gasteiger partial charge in [0.15, 0.2) is 0 Å². The fourth-order valence-electron chi connectivity index (χ4n) is 2.69. The van der Waals surface area contributed by atoms with Crippen LogP contribution in [0.4, 0.5) is 0 Å². The van der Waals surface area contributed by atoms with Gasteiger partial charge in [-0.05, 0) is 11.6 Å². The van der Waals surface area contributed by atoms with E-state index in [0.29, 0.717) is 0 Å². The first kappa shape index (κ1) is 16.4. The molecule has 6 nitrogen and oxygen atoms in total. The molecule has 1 amide bonds. The lowest BCUT2D eigenvalue weighted by molar-refractivity contribution is -0.884. The van der Waals surface area contributed by atoms with E-state index in [-0.39, 0.29) is 5.91 Å². The summed E-state index contributed by atoms with van der Waals surface area (Å²) in [5.41, 5.74) is 5.04. The Morgan fingerprint density at radius 1 is 1.29 bits per heavy atom. The standard InChI is InChI=1S/C18H23N5O/c1-21-9-11-22(12-10-21)20-18(24)8-7-17-13-19-23(15-17)14-16-5-3-2-4-6-16/h2-8,13,15H,9-12,14H2,1H3,(H,20,24)/p+1/b8-7+. The van der Waals surface area contributed by atoms with Gasteiger partial charge in [-0.3, -0.25) is 14.9 Å². The van der Waals surface area contributed by atoms with Crippen LogP contribution < -0.4 is 10.3 Å². The predicted octanol–water partition coefficient (Wildman–Crippen LogP) is -0.194. The summed E-state index contributed by atoms with van der Waals surface area (Å²) in [7, 11) is 2.17. The van der Waals surface area contributed by atoms with Gasteiger partial charge in [-0.25, -0.2) is 5.01 Å². The van der Waals surface area contributed by atoms with Crippen LogP contribution in [0.2, 0.25) is 0 Å². The van der Waals surface area contributed by atoms with Crippen LogP contribution in [0.15, 0.2) is 48.8 Å². The Labute approximate surface area is 142 Å². The number of piperazine rings is 1. The molecule has 1 saturated heterocycles. The SMILES string of the molecule is C[NH+]1CCN(NC(=O)/C=C/c2cnn(Cc3ccccc3)c2)CC1. The maximum Gasteiger partial charge on any atom is 0.258 e. The zero-order valence-corrected chi connectivity index (χ0v) is 14.0. The molecule has 1 aromatic heterocycles. The van der Waals surface area contributed by atoms with Crippen LogP contribution in [0.3, 0.4) is 0 Å². The fraction of sp³-hybridized carbons (Fsp3) is 0.333. The van der Waals surface area contributed by atoms with Crippen molar-refractivity contribution in [2.24, 2.45) is 0 Å². The van der Waals surface area contributed by atoms with Gasteiger partial charge < -0.3 is 4.90 Å². The van der Waals surface area contributed by atoms with Crippen LogP contribution in [0.25, 0.3) is 6.08 Å². The molecule has 0 unspecified atom stereocenters. The first-order chi connectivity index (χ1) is 11.7. The molecule has 1 aliphatic heterocycles. The summed E-state index contributed by atoms with van der Waals surface area (Å²) in [5.74, 6) is -0.0923. The Hall–Kier alpha value is -2.44. The van der Waals surface area contributed by atoms with Crippen molar-refractivity contribution in [1.82, 2.24) is 20.2 Å². The van der Waals surface area contributed by atoms with Crippen LogP contribution in [0.1, 0.15) is 11.1 Å². The molecule has 24 heavy (non-hydrogen) atoms. The summed E-state index contributed by atoms with van der Waals surface area (Å²) >= 11 is 0. The quantitative estimate of drug-likeness (QED) is 0.749. The minimum absolute atomic E-state index is 0.0923. The molecule has 1 aromatic carbocycles. The number of aromatic nitrogens is 2. The van der Waals surface area contributed by atoms with Gasteiger partial charge in [0.2, 0.25) is 0 Å². The zero-order valence-electron chi connectivity index (χ0n) is 14.0. The van der Waals surface area contributed by atoms with Crippen molar-refractivity contribution in [3.05, 3.63) is 59.9 Å². The molecule has 0 atom stereocenters. The minimum atomic E-state index is -0.0923. The van der Waals surface area contributed by atoms with Crippen molar-refractivity contribution < 1.29 is 9.69 Å². The molecule has 0 aliphatic carbocycles. The maximum absolute atomic E-state index is 12.0. The number of hydrazine groups is 1. The van der Waals surface area contributed by atoms with Gasteiger partial charge >= 0.3 is 0 Å². The Bertz CT molecular complexity index is 686. The lowest BCUT2D eigenvalue weighted by Gasteiger charge is -2.29. The highest BCUT2D eigenvalue weighted by Gasteiger charge is 2.17. The number of hydrogen-bond acceptors (Lipinski definition) is 3.